The number of hydrogen-bond donors (Lipinski definition) is 7. The van der Waals surface area contributed by atoms with E-state index >= 15 is 0 Å². The summed E-state index contributed by atoms with van der Waals surface area (Å²) >= 11 is 0. The standard InChI is InChI=1S/C32H33N7O4.C31H30N6O4.C30H30N4O4/c1-37-11-13-39(14-12-37)32(42)23-4-2-3-21(15-23)27-17-26-30(34-20-35-31(26)36-27)22-5-6-28(24(16-22)18-33)43-25-7-9-38(10-8-25)29(41)19-40;32-17-23-15-21(6-7-27(23)41-24-8-12-36(13-9-24)28(39)18-38)29-25-16-26(35-30(25)34-19-33-29)20-4-3-5-22(14-20)31(40)37-10-1-2-11-37;31-17-22-13-21(3-6-28(22)38-24-15-30(16-24,18-35)19-36)29-25-14-27(33-26(25)7-8-32-29)20-1-4-23(5-2-20)34-9-11-37-12-10-34/h2-6,15-17,20,25,40H,7-14,19H2,1H3,(H,34,35,36);3-7,14-16,19,24,38H,1-2,8-13,18H2,(H,33,34,35);1-8,13-14,24,33,35-36H,9-12,15-16,18-19H2. The van der Waals surface area contributed by atoms with Crippen molar-refractivity contribution < 1.29 is 58.6 Å². The van der Waals surface area contributed by atoms with Crippen molar-refractivity contribution in [2.75, 3.05) is 130 Å². The first-order valence-electron chi connectivity index (χ1n) is 41.3. The van der Waals surface area contributed by atoms with E-state index in [1.807, 2.05) is 107 Å². The van der Waals surface area contributed by atoms with E-state index < -0.39 is 18.6 Å². The van der Waals surface area contributed by atoms with E-state index in [-0.39, 0.29) is 55.2 Å². The molecule has 0 radical (unpaired) electrons. The van der Waals surface area contributed by atoms with E-state index in [0.29, 0.717) is 146 Å². The number of ether oxygens (including phenoxy) is 4. The number of piperidine rings is 2. The number of morpholine rings is 1. The number of anilines is 1. The first kappa shape index (κ1) is 82.3. The van der Waals surface area contributed by atoms with Gasteiger partial charge in [-0.15, -0.1) is 0 Å². The van der Waals surface area contributed by atoms with E-state index in [9.17, 15) is 45.2 Å². The van der Waals surface area contributed by atoms with E-state index in [1.54, 1.807) is 40.3 Å². The van der Waals surface area contributed by atoms with Crippen molar-refractivity contribution in [1.29, 1.82) is 15.8 Å². The van der Waals surface area contributed by atoms with Gasteiger partial charge in [-0.3, -0.25) is 24.2 Å². The Balaban J connectivity index is 0.000000136. The molecule has 18 rings (SSSR count). The predicted octanol–water partition coefficient (Wildman–Crippen LogP) is 10.8. The highest BCUT2D eigenvalue weighted by molar-refractivity contribution is 6.00. The van der Waals surface area contributed by atoms with Crippen LogP contribution in [0.2, 0.25) is 0 Å². The number of likely N-dealkylation sites (tertiary alicyclic amines) is 3. The number of pyridine rings is 1. The quantitative estimate of drug-likeness (QED) is 0.0395. The van der Waals surface area contributed by atoms with Crippen molar-refractivity contribution in [3.05, 3.63) is 198 Å². The third-order valence-electron chi connectivity index (χ3n) is 23.8. The molecule has 5 saturated heterocycles. The fraction of sp³-hybridized carbons (Fsp3) is 0.333. The van der Waals surface area contributed by atoms with Crippen LogP contribution in [0.1, 0.15) is 88.8 Å². The monoisotopic (exact) mass is 1640 g/mol. The number of aromatic nitrogens is 8. The molecule has 6 aromatic carbocycles. The summed E-state index contributed by atoms with van der Waals surface area (Å²) in [5.41, 5.74) is 15.5. The Bertz CT molecular complexity index is 5960. The molecule has 12 aromatic rings. The number of carbonyl (C=O) groups excluding carboxylic acids is 4. The van der Waals surface area contributed by atoms with Crippen molar-refractivity contribution in [1.82, 2.24) is 64.4 Å². The second-order valence-corrected chi connectivity index (χ2v) is 31.7. The molecule has 7 N–H and O–H groups in total. The minimum atomic E-state index is -0.493. The summed E-state index contributed by atoms with van der Waals surface area (Å²) in [5.74, 6) is 1.00. The number of amides is 4. The Morgan fingerprint density at radius 3 is 1.34 bits per heavy atom. The average molecular weight is 1640 g/mol. The highest BCUT2D eigenvalue weighted by atomic mass is 16.5. The zero-order valence-corrected chi connectivity index (χ0v) is 67.6. The largest absolute Gasteiger partial charge is 0.489 e. The average Bonchev–Trinajstić information content (AvgIpc) is 1.75. The lowest BCUT2D eigenvalue weighted by Crippen LogP contribution is -2.49. The number of nitrogens with zero attached hydrogens (tertiary/aromatic N) is 14. The van der Waals surface area contributed by atoms with Gasteiger partial charge in [-0.05, 0) is 165 Å². The van der Waals surface area contributed by atoms with Gasteiger partial charge in [0.2, 0.25) is 11.8 Å². The maximum absolute atomic E-state index is 13.2. The first-order valence-corrected chi connectivity index (χ1v) is 41.3. The lowest BCUT2D eigenvalue weighted by atomic mass is 9.68. The third kappa shape index (κ3) is 18.0. The molecule has 29 heteroatoms. The number of H-pyrrole nitrogens is 3. The second-order valence-electron chi connectivity index (χ2n) is 31.7. The van der Waals surface area contributed by atoms with Crippen LogP contribution in [-0.4, -0.2) is 252 Å². The molecule has 0 unspecified atom stereocenters. The Morgan fingerprint density at radius 2 is 0.885 bits per heavy atom. The number of aliphatic hydroxyl groups is 4. The van der Waals surface area contributed by atoms with Crippen molar-refractivity contribution >= 4 is 62.3 Å². The van der Waals surface area contributed by atoms with Crippen LogP contribution in [0.4, 0.5) is 5.69 Å². The summed E-state index contributed by atoms with van der Waals surface area (Å²) < 4.78 is 23.8. The molecule has 622 valence electrons. The van der Waals surface area contributed by atoms with Gasteiger partial charge in [-0.25, -0.2) is 19.9 Å². The lowest BCUT2D eigenvalue weighted by molar-refractivity contribution is -0.136. The van der Waals surface area contributed by atoms with Crippen molar-refractivity contribution in [2.24, 2.45) is 5.41 Å². The van der Waals surface area contributed by atoms with Crippen LogP contribution in [0, 0.1) is 39.4 Å². The van der Waals surface area contributed by atoms with Crippen LogP contribution in [0.5, 0.6) is 17.2 Å². The SMILES string of the molecule is CN1CCN(C(=O)c2cccc(-c3cc4c(-c5ccc(OC6CCN(C(=O)CO)CC6)c(C#N)c5)ncnc4[nH]3)c2)CC1.N#Cc1cc(-c2nccc3[nH]c(-c4ccc(N5CCOCC5)cc4)cc23)ccc1OC1CC(CO)(CO)C1.N#Cc1cc(-c2ncnc3[nH]c(-c4cccc(C(=O)N5CCCC5)c4)cc23)ccc1OC1CCN(C(=O)CO)CC1. The smallest absolute Gasteiger partial charge is 0.253 e. The first-order chi connectivity index (χ1) is 59.6. The zero-order valence-electron chi connectivity index (χ0n) is 67.6. The second kappa shape index (κ2) is 37.1. The van der Waals surface area contributed by atoms with Crippen LogP contribution in [-0.2, 0) is 14.3 Å². The molecule has 5 aliphatic heterocycles. The molecule has 6 aromatic heterocycles. The Morgan fingerprint density at radius 1 is 0.451 bits per heavy atom. The summed E-state index contributed by atoms with van der Waals surface area (Å²) in [6.07, 6.45) is 10.1. The number of rotatable bonds is 19. The van der Waals surface area contributed by atoms with Gasteiger partial charge in [0.25, 0.3) is 11.8 Å². The van der Waals surface area contributed by atoms with Gasteiger partial charge in [0, 0.05) is 188 Å². The van der Waals surface area contributed by atoms with Crippen LogP contribution in [0.25, 0.3) is 101 Å². The van der Waals surface area contributed by atoms with Crippen molar-refractivity contribution in [3.8, 4) is 103 Å². The van der Waals surface area contributed by atoms with Gasteiger partial charge >= 0.3 is 0 Å². The third-order valence-corrected chi connectivity index (χ3v) is 23.8. The molecule has 0 spiro atoms. The topological polar surface area (TPSA) is 389 Å². The summed E-state index contributed by atoms with van der Waals surface area (Å²) in [7, 11) is 2.07. The molecule has 1 aliphatic carbocycles. The van der Waals surface area contributed by atoms with Gasteiger partial charge in [0.15, 0.2) is 0 Å². The number of carbonyl (C=O) groups is 4. The molecular weight excluding hydrogens is 1550 g/mol. The maximum atomic E-state index is 13.2. The zero-order chi connectivity index (χ0) is 84.4. The van der Waals surface area contributed by atoms with Crippen LogP contribution >= 0.6 is 0 Å². The number of aromatic amines is 3. The minimum Gasteiger partial charge on any atom is -0.489 e. The molecule has 11 heterocycles. The van der Waals surface area contributed by atoms with E-state index in [0.717, 1.165) is 143 Å². The fourth-order valence-electron chi connectivity index (χ4n) is 16.8. The Kier molecular flexibility index (Phi) is 25.0. The number of aliphatic hydroxyl groups excluding tert-OH is 4. The Hall–Kier alpha value is -13.4. The number of nitriles is 3. The van der Waals surface area contributed by atoms with E-state index in [2.05, 4.69) is 105 Å². The van der Waals surface area contributed by atoms with Crippen molar-refractivity contribution in [2.45, 2.75) is 69.7 Å². The molecular formula is C93H93N17O12. The van der Waals surface area contributed by atoms with E-state index in [1.165, 1.54) is 18.3 Å². The molecule has 6 aliphatic rings. The van der Waals surface area contributed by atoms with E-state index in [4.69, 9.17) is 29.2 Å². The normalized spacial score (nSPS) is 16.4. The van der Waals surface area contributed by atoms with Crippen LogP contribution < -0.4 is 19.1 Å². The number of hydrogen-bond acceptors (Lipinski definition) is 22. The Labute approximate surface area is 704 Å². The van der Waals surface area contributed by atoms with Gasteiger partial charge in [0.1, 0.15) is 90.9 Å². The maximum Gasteiger partial charge on any atom is 0.253 e. The van der Waals surface area contributed by atoms with Gasteiger partial charge in [0.05, 0.1) is 60.2 Å². The molecule has 122 heavy (non-hydrogen) atoms. The van der Waals surface area contributed by atoms with Crippen molar-refractivity contribution in [3.63, 3.8) is 0 Å². The summed E-state index contributed by atoms with van der Waals surface area (Å²) in [4.78, 5) is 94.0. The number of likely N-dealkylation sites (N-methyl/N-ethyl adjacent to an activating group) is 1. The number of piperazine rings is 1. The summed E-state index contributed by atoms with van der Waals surface area (Å²) in [5, 5.41) is 69.5. The van der Waals surface area contributed by atoms with Crippen LogP contribution in [0.3, 0.4) is 0 Å². The molecule has 29 nitrogen and oxygen atoms in total. The number of nitrogens with one attached hydrogen (secondary N) is 3. The molecule has 0 atom stereocenters. The molecule has 1 saturated carbocycles. The van der Waals surface area contributed by atoms with Gasteiger partial charge in [-0.2, -0.15) is 15.8 Å². The molecule has 6 fully saturated rings. The lowest BCUT2D eigenvalue weighted by Gasteiger charge is -2.44. The summed E-state index contributed by atoms with van der Waals surface area (Å²) in [6, 6.07) is 54.9. The predicted molar refractivity (Wildman–Crippen MR) is 457 cm³/mol. The van der Waals surface area contributed by atoms with Gasteiger partial charge in [-0.1, -0.05) is 36.4 Å². The minimum absolute atomic E-state index is 0.0297. The highest BCUT2D eigenvalue weighted by Gasteiger charge is 2.45. The number of benzene rings is 6. The van der Waals surface area contributed by atoms with Gasteiger partial charge < -0.3 is 83.7 Å². The molecule has 0 bridgehead atoms. The number of fused-ring (bicyclic) bond motifs is 3. The summed E-state index contributed by atoms with van der Waals surface area (Å²) in [6.45, 7) is 8.98. The van der Waals surface area contributed by atoms with Crippen LogP contribution in [0.15, 0.2) is 171 Å². The fourth-order valence-corrected chi connectivity index (χ4v) is 16.8. The highest BCUT2D eigenvalue weighted by Crippen LogP contribution is 2.44. The molecule has 4 amide bonds.